The maximum absolute atomic E-state index is 13.1. The number of hydrogen-bond acceptors (Lipinski definition) is 0. The first kappa shape index (κ1) is 11.2. The van der Waals surface area contributed by atoms with E-state index in [1.54, 1.807) is 6.07 Å². The summed E-state index contributed by atoms with van der Waals surface area (Å²) < 4.78 is 13.1. The molecule has 1 rings (SSSR count). The molecule has 0 amide bonds. The van der Waals surface area contributed by atoms with Crippen LogP contribution in [-0.2, 0) is 6.42 Å². The molecule has 0 saturated carbocycles. The zero-order valence-electron chi connectivity index (χ0n) is 8.85. The Balaban J connectivity index is 2.21. The van der Waals surface area contributed by atoms with Gasteiger partial charge in [-0.15, -0.1) is 0 Å². The Hall–Kier alpha value is -0.850. The van der Waals surface area contributed by atoms with E-state index in [-0.39, 0.29) is 5.82 Å². The molecule has 0 atom stereocenters. The third-order valence-corrected chi connectivity index (χ3v) is 2.44. The molecular formula is C13H18F. The van der Waals surface area contributed by atoms with E-state index in [1.807, 2.05) is 12.1 Å². The van der Waals surface area contributed by atoms with Crippen molar-refractivity contribution in [1.82, 2.24) is 0 Å². The van der Waals surface area contributed by atoms with Gasteiger partial charge < -0.3 is 0 Å². The number of aryl methyl sites for hydroxylation is 1. The Kier molecular flexibility index (Phi) is 5.28. The Morgan fingerprint density at radius 3 is 2.71 bits per heavy atom. The number of halogens is 1. The average Bonchev–Trinajstić information content (AvgIpc) is 2.20. The second-order valence-corrected chi connectivity index (χ2v) is 3.67. The van der Waals surface area contributed by atoms with E-state index in [0.29, 0.717) is 0 Å². The van der Waals surface area contributed by atoms with Gasteiger partial charge >= 0.3 is 0 Å². The smallest absolute Gasteiger partial charge is 0.134 e. The van der Waals surface area contributed by atoms with Crippen molar-refractivity contribution in [1.29, 1.82) is 0 Å². The van der Waals surface area contributed by atoms with Gasteiger partial charge in [-0.1, -0.05) is 50.8 Å². The van der Waals surface area contributed by atoms with Gasteiger partial charge in [0.1, 0.15) is 5.82 Å². The van der Waals surface area contributed by atoms with Crippen molar-refractivity contribution in [2.45, 2.75) is 45.4 Å². The fourth-order valence-corrected chi connectivity index (χ4v) is 1.56. The lowest BCUT2D eigenvalue weighted by Crippen LogP contribution is -1.90. The topological polar surface area (TPSA) is 0 Å². The second kappa shape index (κ2) is 6.58. The summed E-state index contributed by atoms with van der Waals surface area (Å²) in [5.74, 6) is -0.178. The number of unbranched alkanes of at least 4 members (excludes halogenated alkanes) is 4. The minimum Gasteiger partial charge on any atom is -0.206 e. The largest absolute Gasteiger partial charge is 0.206 e. The monoisotopic (exact) mass is 193 g/mol. The summed E-state index contributed by atoms with van der Waals surface area (Å²) >= 11 is 0. The van der Waals surface area contributed by atoms with E-state index < -0.39 is 0 Å². The van der Waals surface area contributed by atoms with Crippen molar-refractivity contribution in [2.75, 3.05) is 0 Å². The molecule has 0 saturated heterocycles. The Labute approximate surface area is 86.2 Å². The summed E-state index contributed by atoms with van der Waals surface area (Å²) in [6, 6.07) is 7.91. The Bertz CT molecular complexity index is 255. The molecule has 14 heavy (non-hydrogen) atoms. The lowest BCUT2D eigenvalue weighted by molar-refractivity contribution is 0.586. The first-order valence-corrected chi connectivity index (χ1v) is 5.49. The van der Waals surface area contributed by atoms with Crippen molar-refractivity contribution in [2.24, 2.45) is 0 Å². The fourth-order valence-electron chi connectivity index (χ4n) is 1.56. The van der Waals surface area contributed by atoms with Crippen molar-refractivity contribution in [3.05, 3.63) is 35.6 Å². The van der Waals surface area contributed by atoms with E-state index in [4.69, 9.17) is 0 Å². The van der Waals surface area contributed by atoms with Crippen LogP contribution in [0, 0.1) is 11.9 Å². The minimum atomic E-state index is -0.178. The molecule has 0 fully saturated rings. The molecule has 1 heteroatoms. The SMILES string of the molecule is CCCCCCCc1ccc[c]c1F. The molecule has 0 aliphatic heterocycles. The van der Waals surface area contributed by atoms with E-state index in [9.17, 15) is 4.39 Å². The molecule has 0 aromatic heterocycles. The van der Waals surface area contributed by atoms with Crippen LogP contribution >= 0.6 is 0 Å². The molecule has 1 radical (unpaired) electrons. The van der Waals surface area contributed by atoms with Crippen LogP contribution in [0.3, 0.4) is 0 Å². The van der Waals surface area contributed by atoms with Gasteiger partial charge in [-0.05, 0) is 18.4 Å². The Morgan fingerprint density at radius 2 is 2.00 bits per heavy atom. The lowest BCUT2D eigenvalue weighted by atomic mass is 10.1. The summed E-state index contributed by atoms with van der Waals surface area (Å²) in [7, 11) is 0. The molecule has 0 nitrogen and oxygen atoms in total. The van der Waals surface area contributed by atoms with Crippen molar-refractivity contribution in [3.8, 4) is 0 Å². The third-order valence-electron chi connectivity index (χ3n) is 2.44. The lowest BCUT2D eigenvalue weighted by Gasteiger charge is -2.02. The fraction of sp³-hybridized carbons (Fsp3) is 0.538. The molecule has 1 aromatic rings. The first-order chi connectivity index (χ1) is 6.84. The van der Waals surface area contributed by atoms with Gasteiger partial charge in [-0.2, -0.15) is 0 Å². The van der Waals surface area contributed by atoms with Crippen LogP contribution in [0.5, 0.6) is 0 Å². The Morgan fingerprint density at radius 1 is 1.21 bits per heavy atom. The van der Waals surface area contributed by atoms with Crippen LogP contribution in [0.15, 0.2) is 18.2 Å². The summed E-state index contributed by atoms with van der Waals surface area (Å²) in [5.41, 5.74) is 0.809. The quantitative estimate of drug-likeness (QED) is 0.596. The zero-order valence-corrected chi connectivity index (χ0v) is 8.85. The van der Waals surface area contributed by atoms with E-state index in [1.165, 1.54) is 25.7 Å². The molecule has 0 heterocycles. The van der Waals surface area contributed by atoms with Crippen LogP contribution in [0.2, 0.25) is 0 Å². The molecule has 0 bridgehead atoms. The van der Waals surface area contributed by atoms with Crippen molar-refractivity contribution >= 4 is 0 Å². The van der Waals surface area contributed by atoms with Gasteiger partial charge in [-0.25, -0.2) is 4.39 Å². The molecule has 0 aliphatic carbocycles. The number of rotatable bonds is 6. The average molecular weight is 193 g/mol. The molecule has 1 aromatic carbocycles. The maximum atomic E-state index is 13.1. The molecule has 0 unspecified atom stereocenters. The van der Waals surface area contributed by atoms with Gasteiger partial charge in [0.05, 0.1) is 0 Å². The van der Waals surface area contributed by atoms with Gasteiger partial charge in [0.15, 0.2) is 0 Å². The molecule has 0 N–H and O–H groups in total. The van der Waals surface area contributed by atoms with Crippen LogP contribution in [0.25, 0.3) is 0 Å². The highest BCUT2D eigenvalue weighted by Crippen LogP contribution is 2.11. The summed E-state index contributed by atoms with van der Waals surface area (Å²) in [6.45, 7) is 2.20. The second-order valence-electron chi connectivity index (χ2n) is 3.67. The third kappa shape index (κ3) is 3.91. The normalized spacial score (nSPS) is 10.4. The first-order valence-electron chi connectivity index (χ1n) is 5.49. The van der Waals surface area contributed by atoms with Gasteiger partial charge in [0.25, 0.3) is 0 Å². The van der Waals surface area contributed by atoms with Crippen LogP contribution in [-0.4, -0.2) is 0 Å². The van der Waals surface area contributed by atoms with E-state index in [0.717, 1.165) is 18.4 Å². The predicted octanol–water partition coefficient (Wildman–Crippen LogP) is 4.14. The number of hydrogen-bond donors (Lipinski definition) is 0. The minimum absolute atomic E-state index is 0.178. The highest BCUT2D eigenvalue weighted by molar-refractivity contribution is 5.16. The highest BCUT2D eigenvalue weighted by Gasteiger charge is 1.99. The molecular weight excluding hydrogens is 175 g/mol. The molecule has 0 aliphatic rings. The van der Waals surface area contributed by atoms with E-state index >= 15 is 0 Å². The predicted molar refractivity (Wildman–Crippen MR) is 57.7 cm³/mol. The van der Waals surface area contributed by atoms with Gasteiger partial charge in [0.2, 0.25) is 0 Å². The maximum Gasteiger partial charge on any atom is 0.134 e. The van der Waals surface area contributed by atoms with Gasteiger partial charge in [0, 0.05) is 6.07 Å². The number of benzene rings is 1. The van der Waals surface area contributed by atoms with Crippen molar-refractivity contribution < 1.29 is 4.39 Å². The van der Waals surface area contributed by atoms with Crippen LogP contribution in [0.1, 0.15) is 44.6 Å². The van der Waals surface area contributed by atoms with Crippen molar-refractivity contribution in [3.63, 3.8) is 0 Å². The molecule has 0 spiro atoms. The van der Waals surface area contributed by atoms with E-state index in [2.05, 4.69) is 13.0 Å². The summed E-state index contributed by atoms with van der Waals surface area (Å²) in [4.78, 5) is 0. The zero-order chi connectivity index (χ0) is 10.2. The standard InChI is InChI=1S/C13H18F/c1-2-3-4-5-6-9-12-10-7-8-11-13(12)14/h7-8,10H,2-6,9H2,1H3. The summed E-state index contributed by atoms with van der Waals surface area (Å²) in [6.07, 6.45) is 6.98. The molecule has 77 valence electrons. The summed E-state index contributed by atoms with van der Waals surface area (Å²) in [5, 5.41) is 0. The highest BCUT2D eigenvalue weighted by atomic mass is 19.1. The van der Waals surface area contributed by atoms with Crippen LogP contribution in [0.4, 0.5) is 4.39 Å². The van der Waals surface area contributed by atoms with Crippen LogP contribution < -0.4 is 0 Å². The van der Waals surface area contributed by atoms with Gasteiger partial charge in [-0.3, -0.25) is 0 Å².